The lowest BCUT2D eigenvalue weighted by Crippen LogP contribution is -2.29. The Hall–Kier alpha value is -3.17. The van der Waals surface area contributed by atoms with E-state index in [4.69, 9.17) is 0 Å². The number of amides is 2. The highest BCUT2D eigenvalue weighted by atomic mass is 16.2. The molecule has 0 saturated carbocycles. The van der Waals surface area contributed by atoms with Crippen molar-refractivity contribution in [1.82, 2.24) is 25.1 Å². The molecule has 0 saturated heterocycles. The first-order valence-corrected chi connectivity index (χ1v) is 8.13. The third-order valence-electron chi connectivity index (χ3n) is 3.62. The van der Waals surface area contributed by atoms with Crippen LogP contribution in [0, 0.1) is 0 Å². The van der Waals surface area contributed by atoms with Crippen molar-refractivity contribution in [2.24, 2.45) is 0 Å². The predicted molar refractivity (Wildman–Crippen MR) is 93.0 cm³/mol. The van der Waals surface area contributed by atoms with Crippen LogP contribution in [0.3, 0.4) is 0 Å². The Labute approximate surface area is 144 Å². The van der Waals surface area contributed by atoms with E-state index in [1.807, 2.05) is 13.8 Å². The van der Waals surface area contributed by atoms with Gasteiger partial charge in [-0.25, -0.2) is 9.97 Å². The number of aryl methyl sites for hydroxylation is 1. The number of rotatable bonds is 6. The second-order valence-electron chi connectivity index (χ2n) is 5.48. The average Bonchev–Trinajstić information content (AvgIpc) is 3.03. The van der Waals surface area contributed by atoms with E-state index in [0.29, 0.717) is 36.1 Å². The highest BCUT2D eigenvalue weighted by Crippen LogP contribution is 2.31. The zero-order chi connectivity index (χ0) is 17.8. The summed E-state index contributed by atoms with van der Waals surface area (Å²) < 4.78 is 1.66. The molecule has 2 aromatic heterocycles. The van der Waals surface area contributed by atoms with Crippen LogP contribution in [0.1, 0.15) is 30.8 Å². The van der Waals surface area contributed by atoms with E-state index in [1.54, 1.807) is 10.9 Å². The Bertz CT molecular complexity index is 801. The second-order valence-corrected chi connectivity index (χ2v) is 5.48. The largest absolute Gasteiger partial charge is 0.359 e. The normalized spacial score (nSPS) is 12.8. The quantitative estimate of drug-likeness (QED) is 0.614. The van der Waals surface area contributed by atoms with E-state index in [1.165, 1.54) is 6.33 Å². The molecule has 0 aromatic carbocycles. The summed E-state index contributed by atoms with van der Waals surface area (Å²) >= 11 is 0. The predicted octanol–water partition coefficient (Wildman–Crippen LogP) is 0.940. The number of carbonyl (C=O) groups excluding carboxylic acids is 2. The Morgan fingerprint density at radius 2 is 2.20 bits per heavy atom. The van der Waals surface area contributed by atoms with Gasteiger partial charge in [0.25, 0.3) is 5.91 Å². The second kappa shape index (κ2) is 7.16. The molecule has 2 amide bonds. The van der Waals surface area contributed by atoms with Crippen molar-refractivity contribution < 1.29 is 9.59 Å². The first kappa shape index (κ1) is 16.7. The SMILES string of the molecule is CCCNC(=O)c1nn(CC)cc1Nc1ncnc2c1NC(=O)CN2. The Morgan fingerprint density at radius 3 is 2.96 bits per heavy atom. The topological polar surface area (TPSA) is 126 Å². The van der Waals surface area contributed by atoms with Crippen LogP contribution in [-0.2, 0) is 11.3 Å². The first-order chi connectivity index (χ1) is 12.1. The van der Waals surface area contributed by atoms with Crippen molar-refractivity contribution in [3.63, 3.8) is 0 Å². The highest BCUT2D eigenvalue weighted by Gasteiger charge is 2.22. The van der Waals surface area contributed by atoms with E-state index in [2.05, 4.69) is 36.3 Å². The summed E-state index contributed by atoms with van der Waals surface area (Å²) in [5, 5.41) is 15.8. The first-order valence-electron chi connectivity index (χ1n) is 8.13. The van der Waals surface area contributed by atoms with Crippen molar-refractivity contribution in [1.29, 1.82) is 0 Å². The van der Waals surface area contributed by atoms with Crippen LogP contribution in [0.5, 0.6) is 0 Å². The fourth-order valence-electron chi connectivity index (χ4n) is 2.37. The standard InChI is InChI=1S/C15H20N8O2/c1-3-5-16-15(25)11-9(7-23(4-2)22-11)20-14-12-13(18-8-19-14)17-6-10(24)21-12/h7-8H,3-6H2,1-2H3,(H,16,25)(H,21,24)(H2,17,18,19,20). The molecule has 1 aliphatic rings. The minimum atomic E-state index is -0.262. The van der Waals surface area contributed by atoms with Crippen LogP contribution >= 0.6 is 0 Å². The number of nitrogens with zero attached hydrogens (tertiary/aromatic N) is 4. The molecule has 10 heteroatoms. The van der Waals surface area contributed by atoms with Gasteiger partial charge in [0.05, 0.1) is 12.2 Å². The van der Waals surface area contributed by atoms with Gasteiger partial charge in [-0.15, -0.1) is 0 Å². The van der Waals surface area contributed by atoms with Crippen LogP contribution in [-0.4, -0.2) is 44.7 Å². The third-order valence-corrected chi connectivity index (χ3v) is 3.62. The average molecular weight is 344 g/mol. The van der Waals surface area contributed by atoms with Crippen LogP contribution in [0.2, 0.25) is 0 Å². The molecule has 0 bridgehead atoms. The van der Waals surface area contributed by atoms with Crippen LogP contribution in [0.4, 0.5) is 23.0 Å². The summed E-state index contributed by atoms with van der Waals surface area (Å²) in [6.07, 6.45) is 3.94. The van der Waals surface area contributed by atoms with Gasteiger partial charge in [-0.1, -0.05) is 6.92 Å². The summed E-state index contributed by atoms with van der Waals surface area (Å²) in [6.45, 7) is 5.26. The molecule has 0 fully saturated rings. The molecule has 132 valence electrons. The lowest BCUT2D eigenvalue weighted by molar-refractivity contribution is -0.114. The molecule has 3 rings (SSSR count). The summed E-state index contributed by atoms with van der Waals surface area (Å²) in [5.41, 5.74) is 1.23. The third kappa shape index (κ3) is 3.52. The van der Waals surface area contributed by atoms with Gasteiger partial charge in [0.15, 0.2) is 17.3 Å². The summed E-state index contributed by atoms with van der Waals surface area (Å²) in [5.74, 6) is 0.472. The maximum Gasteiger partial charge on any atom is 0.273 e. The van der Waals surface area contributed by atoms with Crippen LogP contribution in [0.15, 0.2) is 12.5 Å². The van der Waals surface area contributed by atoms with Crippen LogP contribution < -0.4 is 21.3 Å². The molecule has 0 radical (unpaired) electrons. The van der Waals surface area contributed by atoms with E-state index in [0.717, 1.165) is 6.42 Å². The number of hydrogen-bond donors (Lipinski definition) is 4. The van der Waals surface area contributed by atoms with Crippen molar-refractivity contribution in [2.75, 3.05) is 29.0 Å². The molecule has 0 spiro atoms. The smallest absolute Gasteiger partial charge is 0.273 e. The van der Waals surface area contributed by atoms with Gasteiger partial charge < -0.3 is 21.3 Å². The van der Waals surface area contributed by atoms with Gasteiger partial charge in [0.1, 0.15) is 12.0 Å². The van der Waals surface area contributed by atoms with Gasteiger partial charge in [0.2, 0.25) is 5.91 Å². The van der Waals surface area contributed by atoms with E-state index in [9.17, 15) is 9.59 Å². The molecule has 0 atom stereocenters. The van der Waals surface area contributed by atoms with Crippen molar-refractivity contribution in [2.45, 2.75) is 26.8 Å². The Morgan fingerprint density at radius 1 is 1.36 bits per heavy atom. The van der Waals surface area contributed by atoms with Crippen LogP contribution in [0.25, 0.3) is 0 Å². The fraction of sp³-hybridized carbons (Fsp3) is 0.400. The van der Waals surface area contributed by atoms with Gasteiger partial charge in [-0.3, -0.25) is 14.3 Å². The Balaban J connectivity index is 1.92. The molecular weight excluding hydrogens is 324 g/mol. The van der Waals surface area contributed by atoms with E-state index in [-0.39, 0.29) is 24.1 Å². The number of fused-ring (bicyclic) bond motifs is 1. The number of carbonyl (C=O) groups is 2. The molecule has 25 heavy (non-hydrogen) atoms. The maximum absolute atomic E-state index is 12.3. The number of anilines is 4. The van der Waals surface area contributed by atoms with Crippen molar-refractivity contribution >= 4 is 34.8 Å². The lowest BCUT2D eigenvalue weighted by atomic mass is 10.3. The molecule has 3 heterocycles. The zero-order valence-electron chi connectivity index (χ0n) is 14.1. The molecular formula is C15H20N8O2. The monoisotopic (exact) mass is 344 g/mol. The molecule has 1 aliphatic heterocycles. The lowest BCUT2D eigenvalue weighted by Gasteiger charge is -2.19. The minimum absolute atomic E-state index is 0.155. The van der Waals surface area contributed by atoms with Gasteiger partial charge in [-0.2, -0.15) is 5.10 Å². The van der Waals surface area contributed by atoms with Crippen molar-refractivity contribution in [3.8, 4) is 0 Å². The number of hydrogen-bond acceptors (Lipinski definition) is 7. The highest BCUT2D eigenvalue weighted by molar-refractivity contribution is 6.04. The van der Waals surface area contributed by atoms with E-state index >= 15 is 0 Å². The van der Waals surface area contributed by atoms with Gasteiger partial charge in [-0.05, 0) is 13.3 Å². The summed E-state index contributed by atoms with van der Waals surface area (Å²) in [7, 11) is 0. The van der Waals surface area contributed by atoms with Gasteiger partial charge in [0, 0.05) is 19.3 Å². The molecule has 0 unspecified atom stereocenters. The number of aromatic nitrogens is 4. The van der Waals surface area contributed by atoms with Gasteiger partial charge >= 0.3 is 0 Å². The Kier molecular flexibility index (Phi) is 4.78. The number of nitrogens with one attached hydrogen (secondary N) is 4. The molecule has 2 aromatic rings. The molecule has 4 N–H and O–H groups in total. The van der Waals surface area contributed by atoms with E-state index < -0.39 is 0 Å². The summed E-state index contributed by atoms with van der Waals surface area (Å²) in [4.78, 5) is 32.3. The minimum Gasteiger partial charge on any atom is -0.359 e. The summed E-state index contributed by atoms with van der Waals surface area (Å²) in [6, 6.07) is 0. The van der Waals surface area contributed by atoms with Crippen molar-refractivity contribution in [3.05, 3.63) is 18.2 Å². The molecule has 10 nitrogen and oxygen atoms in total. The fourth-order valence-corrected chi connectivity index (χ4v) is 2.37. The maximum atomic E-state index is 12.3. The molecule has 0 aliphatic carbocycles. The zero-order valence-corrected chi connectivity index (χ0v) is 14.1.